The van der Waals surface area contributed by atoms with Crippen LogP contribution in [0.15, 0.2) is 6.33 Å². The number of methoxy groups -OCH3 is 1. The first-order valence-electron chi connectivity index (χ1n) is 10.3. The van der Waals surface area contributed by atoms with E-state index >= 15 is 0 Å². The number of hydrogen-bond donors (Lipinski definition) is 3. The van der Waals surface area contributed by atoms with Gasteiger partial charge in [-0.2, -0.15) is 9.97 Å². The van der Waals surface area contributed by atoms with Crippen molar-refractivity contribution in [3.63, 3.8) is 0 Å². The van der Waals surface area contributed by atoms with Crippen molar-refractivity contribution in [3.8, 4) is 5.88 Å². The summed E-state index contributed by atoms with van der Waals surface area (Å²) >= 11 is 0. The molecule has 4 N–H and O–H groups in total. The lowest BCUT2D eigenvalue weighted by Crippen LogP contribution is -2.30. The molecule has 2 aromatic rings. The van der Waals surface area contributed by atoms with E-state index in [-0.39, 0.29) is 36.8 Å². The third-order valence-electron chi connectivity index (χ3n) is 5.81. The highest BCUT2D eigenvalue weighted by Crippen LogP contribution is 2.42. The van der Waals surface area contributed by atoms with Gasteiger partial charge in [0, 0.05) is 6.04 Å². The Kier molecular flexibility index (Phi) is 6.26. The lowest BCUT2D eigenvalue weighted by atomic mass is 9.96. The van der Waals surface area contributed by atoms with Gasteiger partial charge in [-0.15, -0.1) is 0 Å². The Labute approximate surface area is 174 Å². The van der Waals surface area contributed by atoms with Crippen LogP contribution in [0.1, 0.15) is 51.7 Å². The van der Waals surface area contributed by atoms with Gasteiger partial charge in [0.15, 0.2) is 11.2 Å². The van der Waals surface area contributed by atoms with Gasteiger partial charge in [-0.25, -0.2) is 14.6 Å². The first-order valence-corrected chi connectivity index (χ1v) is 11.9. The van der Waals surface area contributed by atoms with E-state index in [1.807, 2.05) is 6.92 Å². The lowest BCUT2D eigenvalue weighted by molar-refractivity contribution is -0.0249. The Hall–Kier alpha value is -1.78. The topological polar surface area (TPSA) is 147 Å². The van der Waals surface area contributed by atoms with Crippen LogP contribution in [0.25, 0.3) is 11.2 Å². The van der Waals surface area contributed by atoms with Crippen LogP contribution in [0.5, 0.6) is 5.88 Å². The maximum absolute atomic E-state index is 12.4. The molecular formula is C18H29N6O5P. The van der Waals surface area contributed by atoms with Crippen molar-refractivity contribution in [2.75, 3.05) is 19.5 Å². The van der Waals surface area contributed by atoms with Gasteiger partial charge in [-0.1, -0.05) is 26.2 Å². The summed E-state index contributed by atoms with van der Waals surface area (Å²) in [5.74, 6) is 0.502. The number of ether oxygens (including phenoxy) is 2. The van der Waals surface area contributed by atoms with Crippen molar-refractivity contribution < 1.29 is 23.5 Å². The van der Waals surface area contributed by atoms with Crippen molar-refractivity contribution in [2.24, 2.45) is 5.92 Å². The normalized spacial score (nSPS) is 27.4. The van der Waals surface area contributed by atoms with Gasteiger partial charge in [-0.3, -0.25) is 9.09 Å². The molecule has 30 heavy (non-hydrogen) atoms. The summed E-state index contributed by atoms with van der Waals surface area (Å²) in [6.07, 6.45) is 6.72. The van der Waals surface area contributed by atoms with Crippen molar-refractivity contribution >= 4 is 24.9 Å². The molecular weight excluding hydrogens is 411 g/mol. The van der Waals surface area contributed by atoms with Crippen LogP contribution in [0, 0.1) is 5.92 Å². The molecule has 166 valence electrons. The van der Waals surface area contributed by atoms with Gasteiger partial charge < -0.3 is 20.1 Å². The van der Waals surface area contributed by atoms with Crippen molar-refractivity contribution in [1.29, 1.82) is 0 Å². The highest BCUT2D eigenvalue weighted by Gasteiger charge is 2.36. The van der Waals surface area contributed by atoms with E-state index in [0.717, 1.165) is 25.7 Å². The Morgan fingerprint density at radius 2 is 2.13 bits per heavy atom. The number of anilines is 1. The average Bonchev–Trinajstić information content (AvgIpc) is 3.29. The minimum Gasteiger partial charge on any atom is -0.479 e. The number of nitrogens with one attached hydrogen (secondary N) is 1. The minimum absolute atomic E-state index is 0.0260. The predicted octanol–water partition coefficient (Wildman–Crippen LogP) is 2.38. The monoisotopic (exact) mass is 440 g/mol. The first-order chi connectivity index (χ1) is 14.4. The number of nitrogen functional groups attached to an aromatic ring is 1. The van der Waals surface area contributed by atoms with Crippen LogP contribution in [0.2, 0.25) is 0 Å². The molecule has 0 bridgehead atoms. The molecule has 2 aromatic heterocycles. The summed E-state index contributed by atoms with van der Waals surface area (Å²) in [4.78, 5) is 22.8. The third-order valence-corrected chi connectivity index (χ3v) is 7.01. The molecule has 1 aliphatic carbocycles. The summed E-state index contributed by atoms with van der Waals surface area (Å²) in [5, 5.41) is 2.79. The largest absolute Gasteiger partial charge is 0.479 e. The van der Waals surface area contributed by atoms with E-state index in [4.69, 9.17) is 19.7 Å². The van der Waals surface area contributed by atoms with E-state index in [1.54, 1.807) is 10.9 Å². The van der Waals surface area contributed by atoms with Crippen molar-refractivity contribution in [2.45, 2.75) is 63.8 Å². The van der Waals surface area contributed by atoms with Gasteiger partial charge in [0.05, 0.1) is 26.1 Å². The number of fused-ring (bicyclic) bond motifs is 1. The van der Waals surface area contributed by atoms with E-state index < -0.39 is 7.75 Å². The van der Waals surface area contributed by atoms with E-state index in [9.17, 15) is 9.46 Å². The van der Waals surface area contributed by atoms with Crippen LogP contribution in [-0.4, -0.2) is 50.3 Å². The number of nitrogens with zero attached hydrogens (tertiary/aromatic N) is 4. The van der Waals surface area contributed by atoms with Gasteiger partial charge in [0.25, 0.3) is 0 Å². The van der Waals surface area contributed by atoms with Crippen LogP contribution >= 0.6 is 7.75 Å². The fourth-order valence-electron chi connectivity index (χ4n) is 4.18. The van der Waals surface area contributed by atoms with Crippen molar-refractivity contribution in [3.05, 3.63) is 6.33 Å². The molecule has 2 fully saturated rings. The minimum atomic E-state index is -3.88. The van der Waals surface area contributed by atoms with Gasteiger partial charge in [0.1, 0.15) is 6.23 Å². The van der Waals surface area contributed by atoms with Gasteiger partial charge in [-0.05, 0) is 25.2 Å². The van der Waals surface area contributed by atoms with Gasteiger partial charge in [0.2, 0.25) is 11.8 Å². The second-order valence-corrected chi connectivity index (χ2v) is 9.59. The lowest BCUT2D eigenvalue weighted by Gasteiger charge is -2.26. The summed E-state index contributed by atoms with van der Waals surface area (Å²) < 4.78 is 31.0. The number of hydrogen-bond acceptors (Lipinski definition) is 8. The summed E-state index contributed by atoms with van der Waals surface area (Å²) in [6.45, 7) is 2.05. The Balaban J connectivity index is 1.41. The molecule has 11 nitrogen and oxygen atoms in total. The number of rotatable bonds is 7. The molecule has 4 rings (SSSR count). The predicted molar refractivity (Wildman–Crippen MR) is 110 cm³/mol. The SMILES string of the molecule is COc1nc(N)nc2c1ncn2C1CC(C)C(COP(=O)(O)NC2CCCCC2)O1. The second kappa shape index (κ2) is 8.76. The quantitative estimate of drug-likeness (QED) is 0.548. The third kappa shape index (κ3) is 4.60. The molecule has 2 aliphatic rings. The number of aromatic nitrogens is 4. The highest BCUT2D eigenvalue weighted by atomic mass is 31.2. The fourth-order valence-corrected chi connectivity index (χ4v) is 5.32. The smallest absolute Gasteiger partial charge is 0.403 e. The van der Waals surface area contributed by atoms with Gasteiger partial charge >= 0.3 is 7.75 Å². The molecule has 1 saturated heterocycles. The molecule has 4 atom stereocenters. The second-order valence-electron chi connectivity index (χ2n) is 8.04. The molecule has 0 amide bonds. The summed E-state index contributed by atoms with van der Waals surface area (Å²) in [5.41, 5.74) is 6.80. The van der Waals surface area contributed by atoms with E-state index in [1.165, 1.54) is 13.5 Å². The maximum atomic E-state index is 12.4. The van der Waals surface area contributed by atoms with E-state index in [0.29, 0.717) is 23.5 Å². The standard InChI is InChI=1S/C18H29N6O5P/c1-11-8-14(24-10-20-15-16(24)21-18(19)22-17(15)27-2)29-13(11)9-28-30(25,26)23-12-6-4-3-5-7-12/h10-14H,3-9H2,1-2H3,(H2,19,21,22)(H2,23,25,26). The molecule has 0 spiro atoms. The number of imidazole rings is 1. The average molecular weight is 440 g/mol. The fraction of sp³-hybridized carbons (Fsp3) is 0.722. The molecule has 3 heterocycles. The zero-order chi connectivity index (χ0) is 21.3. The number of nitrogens with two attached hydrogens (primary N) is 1. The van der Waals surface area contributed by atoms with Crippen LogP contribution < -0.4 is 15.6 Å². The Morgan fingerprint density at radius 3 is 2.87 bits per heavy atom. The van der Waals surface area contributed by atoms with Crippen LogP contribution in [0.4, 0.5) is 5.95 Å². The molecule has 0 radical (unpaired) electrons. The molecule has 1 saturated carbocycles. The van der Waals surface area contributed by atoms with Crippen LogP contribution in [0.3, 0.4) is 0 Å². The molecule has 12 heteroatoms. The Morgan fingerprint density at radius 1 is 1.37 bits per heavy atom. The first kappa shape index (κ1) is 21.5. The molecule has 1 aliphatic heterocycles. The summed E-state index contributed by atoms with van der Waals surface area (Å²) in [6, 6.07) is 0.0293. The zero-order valence-corrected chi connectivity index (χ0v) is 18.1. The Bertz CT molecular complexity index is 933. The maximum Gasteiger partial charge on any atom is 0.403 e. The highest BCUT2D eigenvalue weighted by molar-refractivity contribution is 7.50. The molecule has 4 unspecified atom stereocenters. The molecule has 0 aromatic carbocycles. The van der Waals surface area contributed by atoms with E-state index in [2.05, 4.69) is 20.0 Å². The van der Waals surface area contributed by atoms with Crippen LogP contribution in [-0.2, 0) is 13.8 Å². The summed E-state index contributed by atoms with van der Waals surface area (Å²) in [7, 11) is -2.38. The van der Waals surface area contributed by atoms with Crippen molar-refractivity contribution in [1.82, 2.24) is 24.6 Å². The zero-order valence-electron chi connectivity index (χ0n) is 17.2.